The lowest BCUT2D eigenvalue weighted by atomic mass is 9.78. The molecule has 0 aliphatic rings. The van der Waals surface area contributed by atoms with Crippen molar-refractivity contribution >= 4 is 41.0 Å². The largest absolute Gasteiger partial charge is 0.480 e. The molecule has 18 heteroatoms. The number of carbonyl (C=O) groups excluding carboxylic acids is 6. The van der Waals surface area contributed by atoms with Gasteiger partial charge in [0.1, 0.15) is 30.8 Å². The van der Waals surface area contributed by atoms with Gasteiger partial charge in [-0.1, -0.05) is 130 Å². The molecular weight excluding hydrogens is 937 g/mol. The van der Waals surface area contributed by atoms with E-state index in [1.165, 1.54) is 77.0 Å². The summed E-state index contributed by atoms with van der Waals surface area (Å²) in [5.41, 5.74) is 6.09. The molecule has 0 radical (unpaired) electrons. The number of nitrogens with zero attached hydrogens (tertiary/aromatic N) is 1. The number of H-pyrrole nitrogens is 1. The number of rotatable bonds is 52. The maximum atomic E-state index is 12.9. The van der Waals surface area contributed by atoms with Gasteiger partial charge in [-0.05, 0) is 38.0 Å². The van der Waals surface area contributed by atoms with Crippen molar-refractivity contribution < 1.29 is 57.6 Å². The molecule has 1 aromatic heterocycles. The maximum absolute atomic E-state index is 12.9. The third kappa shape index (κ3) is 39.0. The number of carboxylic acids is 1. The standard InChI is InChI=1S/C55H98N6O12/c1-5-6-7-8-9-10-11-12-13-14-15-16-17-18-19-25-51(65)61-48(54(68)69)28-27-46(62)24-22-32-70-34-36-72-42-53(67)59-31-33-71-35-37-73-41-52(66)58-30-21-20-23-44(2)26-29-50(64)55(3,4)39-49(63)47(56)38-45-40-57-43-60-45/h40,43-44,47-48H,5-39,41-42,56H2,1-4H3,(H,57,60)(H,58,66)(H,59,67)(H,61,65)(H,68,69)/t44-,47+,48+/m1/s1. The third-order valence-electron chi connectivity index (χ3n) is 13.0. The summed E-state index contributed by atoms with van der Waals surface area (Å²) in [4.78, 5) is 93.1. The van der Waals surface area contributed by atoms with Gasteiger partial charge in [0.25, 0.3) is 0 Å². The van der Waals surface area contributed by atoms with Crippen molar-refractivity contribution in [2.75, 3.05) is 65.9 Å². The first-order valence-corrected chi connectivity index (χ1v) is 27.8. The first kappa shape index (κ1) is 66.9. The number of imidazole rings is 1. The summed E-state index contributed by atoms with van der Waals surface area (Å²) in [5.74, 6) is -1.79. The van der Waals surface area contributed by atoms with Crippen LogP contribution in [0.15, 0.2) is 12.5 Å². The van der Waals surface area contributed by atoms with Gasteiger partial charge in [0, 0.05) is 75.5 Å². The van der Waals surface area contributed by atoms with Crippen LogP contribution in [0.3, 0.4) is 0 Å². The molecule has 1 rings (SSSR count). The minimum absolute atomic E-state index is 0.0492. The number of ether oxygens (including phenoxy) is 4. The molecule has 0 saturated carbocycles. The van der Waals surface area contributed by atoms with Crippen molar-refractivity contribution in [3.8, 4) is 0 Å². The molecular formula is C55H98N6O12. The van der Waals surface area contributed by atoms with Gasteiger partial charge in [-0.2, -0.15) is 0 Å². The smallest absolute Gasteiger partial charge is 0.326 e. The number of nitrogens with one attached hydrogen (secondary N) is 4. The van der Waals surface area contributed by atoms with Gasteiger partial charge in [0.2, 0.25) is 17.7 Å². The summed E-state index contributed by atoms with van der Waals surface area (Å²) >= 11 is 0. The van der Waals surface area contributed by atoms with Gasteiger partial charge in [0.05, 0.1) is 45.4 Å². The normalized spacial score (nSPS) is 12.8. The van der Waals surface area contributed by atoms with Crippen molar-refractivity contribution in [1.82, 2.24) is 25.9 Å². The van der Waals surface area contributed by atoms with Gasteiger partial charge >= 0.3 is 5.97 Å². The highest BCUT2D eigenvalue weighted by Gasteiger charge is 2.32. The number of unbranched alkanes of at least 4 members (excludes halogenated alkanes) is 15. The molecule has 0 saturated heterocycles. The Balaban J connectivity index is 1.93. The zero-order valence-electron chi connectivity index (χ0n) is 45.5. The predicted molar refractivity (Wildman–Crippen MR) is 283 cm³/mol. The molecule has 3 amide bonds. The van der Waals surface area contributed by atoms with Crippen LogP contribution in [0.4, 0.5) is 0 Å². The molecule has 0 fully saturated rings. The second kappa shape index (κ2) is 44.2. The van der Waals surface area contributed by atoms with E-state index < -0.39 is 23.5 Å². The van der Waals surface area contributed by atoms with E-state index in [1.54, 1.807) is 26.4 Å². The Morgan fingerprint density at radius 1 is 0.630 bits per heavy atom. The number of aromatic amines is 1. The Morgan fingerprint density at radius 3 is 1.77 bits per heavy atom. The average molecular weight is 1040 g/mol. The second-order valence-electron chi connectivity index (χ2n) is 20.3. The number of aliphatic carboxylic acids is 1. The maximum Gasteiger partial charge on any atom is 0.326 e. The van der Waals surface area contributed by atoms with E-state index in [4.69, 9.17) is 24.7 Å². The molecule has 0 bridgehead atoms. The van der Waals surface area contributed by atoms with Crippen LogP contribution in [-0.2, 0) is 58.9 Å². The van der Waals surface area contributed by atoms with E-state index in [2.05, 4.69) is 39.8 Å². The van der Waals surface area contributed by atoms with Gasteiger partial charge in [-0.3, -0.25) is 28.8 Å². The molecule has 0 aliphatic carbocycles. The third-order valence-corrected chi connectivity index (χ3v) is 13.0. The number of amides is 3. The molecule has 0 aliphatic heterocycles. The van der Waals surface area contributed by atoms with Crippen LogP contribution in [0, 0.1) is 11.3 Å². The summed E-state index contributed by atoms with van der Waals surface area (Å²) in [6.07, 6.45) is 27.0. The molecule has 3 atom stereocenters. The van der Waals surface area contributed by atoms with Crippen molar-refractivity contribution in [1.29, 1.82) is 0 Å². The lowest BCUT2D eigenvalue weighted by Crippen LogP contribution is -2.41. The van der Waals surface area contributed by atoms with Crippen LogP contribution in [-0.4, -0.2) is 134 Å². The van der Waals surface area contributed by atoms with Crippen LogP contribution in [0.25, 0.3) is 0 Å². The highest BCUT2D eigenvalue weighted by Crippen LogP contribution is 2.27. The molecule has 0 unspecified atom stereocenters. The summed E-state index contributed by atoms with van der Waals surface area (Å²) < 4.78 is 21.7. The zero-order valence-corrected chi connectivity index (χ0v) is 45.5. The van der Waals surface area contributed by atoms with Gasteiger partial charge in [-0.25, -0.2) is 9.78 Å². The summed E-state index contributed by atoms with van der Waals surface area (Å²) in [6.45, 7) is 10.1. The van der Waals surface area contributed by atoms with Crippen molar-refractivity contribution in [3.63, 3.8) is 0 Å². The van der Waals surface area contributed by atoms with E-state index in [0.29, 0.717) is 38.3 Å². The molecule has 1 heterocycles. The van der Waals surface area contributed by atoms with E-state index >= 15 is 0 Å². The number of ketones is 3. The molecule has 420 valence electrons. The molecule has 0 aromatic carbocycles. The van der Waals surface area contributed by atoms with Crippen LogP contribution >= 0.6 is 0 Å². The molecule has 7 N–H and O–H groups in total. The Kier molecular flexibility index (Phi) is 40.5. The lowest BCUT2D eigenvalue weighted by molar-refractivity contribution is -0.142. The molecule has 0 spiro atoms. The lowest BCUT2D eigenvalue weighted by Gasteiger charge is -2.24. The fourth-order valence-electron chi connectivity index (χ4n) is 8.23. The Bertz CT molecular complexity index is 1630. The first-order chi connectivity index (χ1) is 35.1. The summed E-state index contributed by atoms with van der Waals surface area (Å²) in [5, 5.41) is 17.7. The Labute approximate surface area is 437 Å². The van der Waals surface area contributed by atoms with Gasteiger partial charge < -0.3 is 50.7 Å². The van der Waals surface area contributed by atoms with Crippen LogP contribution in [0.5, 0.6) is 0 Å². The van der Waals surface area contributed by atoms with Crippen LogP contribution < -0.4 is 21.7 Å². The first-order valence-electron chi connectivity index (χ1n) is 27.8. The van der Waals surface area contributed by atoms with E-state index in [9.17, 15) is 38.7 Å². The minimum Gasteiger partial charge on any atom is -0.480 e. The monoisotopic (exact) mass is 1030 g/mol. The summed E-state index contributed by atoms with van der Waals surface area (Å²) in [7, 11) is 0. The highest BCUT2D eigenvalue weighted by molar-refractivity contribution is 5.92. The van der Waals surface area contributed by atoms with Crippen molar-refractivity contribution in [3.05, 3.63) is 18.2 Å². The fraction of sp³-hybridized carbons (Fsp3) is 0.818. The van der Waals surface area contributed by atoms with Crippen molar-refractivity contribution in [2.45, 2.75) is 213 Å². The minimum atomic E-state index is -1.14. The SMILES string of the molecule is CCCCCCCCCCCCCCCCCC(=O)N[C@@H](CCC(=O)CCCOCCOCC(=O)NCCOCCOCC(=O)NCCCC[C@@H](C)CCC(=O)C(C)(C)CC(=O)[C@@H](N)Cc1cnc[nH]1)C(=O)O. The molecule has 1 aromatic rings. The van der Waals surface area contributed by atoms with Crippen LogP contribution in [0.2, 0.25) is 0 Å². The number of hydrogen-bond donors (Lipinski definition) is 6. The Hall–Kier alpha value is -4.10. The number of aromatic nitrogens is 2. The van der Waals surface area contributed by atoms with Gasteiger partial charge in [0.15, 0.2) is 5.78 Å². The number of carboxylic acid groups (broad SMARTS) is 1. The van der Waals surface area contributed by atoms with E-state index in [0.717, 1.165) is 50.6 Å². The second-order valence-corrected chi connectivity index (χ2v) is 20.3. The predicted octanol–water partition coefficient (Wildman–Crippen LogP) is 7.68. The number of nitrogens with two attached hydrogens (primary N) is 1. The van der Waals surface area contributed by atoms with Crippen molar-refractivity contribution in [2.24, 2.45) is 17.1 Å². The number of carbonyl (C=O) groups is 7. The zero-order chi connectivity index (χ0) is 53.8. The average Bonchev–Trinajstić information content (AvgIpc) is 3.87. The highest BCUT2D eigenvalue weighted by atomic mass is 16.5. The topological polar surface area (TPSA) is 267 Å². The summed E-state index contributed by atoms with van der Waals surface area (Å²) in [6, 6.07) is -1.77. The molecule has 73 heavy (non-hydrogen) atoms. The molecule has 18 nitrogen and oxygen atoms in total. The number of hydrogen-bond acceptors (Lipinski definition) is 13. The Morgan fingerprint density at radius 2 is 1.19 bits per heavy atom. The quantitative estimate of drug-likeness (QED) is 0.0342. The number of Topliss-reactive ketones (excluding diaryl/α,β-unsaturated/α-hetero) is 3. The van der Waals surface area contributed by atoms with E-state index in [1.807, 2.05) is 0 Å². The van der Waals surface area contributed by atoms with E-state index in [-0.39, 0.29) is 120 Å². The fourth-order valence-corrected chi connectivity index (χ4v) is 8.23. The van der Waals surface area contributed by atoms with Gasteiger partial charge in [-0.15, -0.1) is 0 Å². The van der Waals surface area contributed by atoms with Crippen LogP contribution in [0.1, 0.15) is 200 Å².